The number of hydrogen-bond acceptors (Lipinski definition) is 2. The van der Waals surface area contributed by atoms with E-state index >= 15 is 0 Å². The molecule has 2 aromatic carbocycles. The molecule has 3 nitrogen and oxygen atoms in total. The van der Waals surface area contributed by atoms with E-state index in [0.29, 0.717) is 12.2 Å². The smallest absolute Gasteiger partial charge is 0.258 e. The van der Waals surface area contributed by atoms with Crippen molar-refractivity contribution in [1.82, 2.24) is 0 Å². The molecule has 1 aliphatic rings. The average molecular weight is 317 g/mol. The summed E-state index contributed by atoms with van der Waals surface area (Å²) in [7, 11) is 0. The van der Waals surface area contributed by atoms with Crippen LogP contribution >= 0.6 is 15.9 Å². The number of benzene rings is 2. The van der Waals surface area contributed by atoms with Crippen molar-refractivity contribution >= 4 is 33.2 Å². The van der Waals surface area contributed by atoms with Crippen LogP contribution < -0.4 is 10.6 Å². The van der Waals surface area contributed by atoms with E-state index < -0.39 is 0 Å². The molecule has 0 radical (unpaired) electrons. The number of nitrogens with two attached hydrogens (primary N) is 1. The number of halogens is 1. The number of nitrogens with zero attached hydrogens (tertiary/aromatic N) is 1. The molecule has 0 unspecified atom stereocenters. The Bertz CT molecular complexity index is 654. The van der Waals surface area contributed by atoms with E-state index in [1.165, 1.54) is 0 Å². The molecule has 96 valence electrons. The molecule has 1 heterocycles. The largest absolute Gasteiger partial charge is 0.399 e. The molecule has 0 bridgehead atoms. The first-order valence-electron chi connectivity index (χ1n) is 6.11. The number of rotatable bonds is 1. The van der Waals surface area contributed by atoms with Gasteiger partial charge in [-0.25, -0.2) is 0 Å². The first-order valence-corrected chi connectivity index (χ1v) is 6.91. The van der Waals surface area contributed by atoms with Gasteiger partial charge in [-0.15, -0.1) is 0 Å². The molecule has 0 aliphatic carbocycles. The normalized spacial score (nSPS) is 14.4. The lowest BCUT2D eigenvalue weighted by atomic mass is 9.98. The van der Waals surface area contributed by atoms with Crippen LogP contribution in [0.1, 0.15) is 15.9 Å². The average Bonchev–Trinajstić information content (AvgIpc) is 2.41. The highest BCUT2D eigenvalue weighted by atomic mass is 79.9. The van der Waals surface area contributed by atoms with Crippen LogP contribution in [0.15, 0.2) is 46.9 Å². The molecule has 0 atom stereocenters. The summed E-state index contributed by atoms with van der Waals surface area (Å²) in [6.45, 7) is 0.693. The number of amides is 1. The highest BCUT2D eigenvalue weighted by Gasteiger charge is 2.26. The van der Waals surface area contributed by atoms with Gasteiger partial charge >= 0.3 is 0 Å². The third-order valence-electron chi connectivity index (χ3n) is 3.36. The van der Waals surface area contributed by atoms with Crippen LogP contribution in [0.3, 0.4) is 0 Å². The van der Waals surface area contributed by atoms with Crippen molar-refractivity contribution in [3.63, 3.8) is 0 Å². The summed E-state index contributed by atoms with van der Waals surface area (Å²) in [5.41, 5.74) is 9.19. The Kier molecular flexibility index (Phi) is 3.03. The SMILES string of the molecule is Nc1ccc(N2CCc3ccccc3C2=O)c(Br)c1. The number of anilines is 2. The van der Waals surface area contributed by atoms with Gasteiger partial charge in [-0.2, -0.15) is 0 Å². The molecular weight excluding hydrogens is 304 g/mol. The van der Waals surface area contributed by atoms with Crippen LogP contribution in [0, 0.1) is 0 Å². The third kappa shape index (κ3) is 2.12. The Hall–Kier alpha value is -1.81. The summed E-state index contributed by atoms with van der Waals surface area (Å²) in [4.78, 5) is 14.3. The second kappa shape index (κ2) is 4.70. The van der Waals surface area contributed by atoms with Gasteiger partial charge in [-0.05, 0) is 52.2 Å². The molecule has 3 rings (SSSR count). The van der Waals surface area contributed by atoms with E-state index in [9.17, 15) is 4.79 Å². The van der Waals surface area contributed by atoms with Crippen molar-refractivity contribution in [2.24, 2.45) is 0 Å². The number of nitrogen functional groups attached to an aromatic ring is 1. The van der Waals surface area contributed by atoms with Gasteiger partial charge in [-0.3, -0.25) is 4.79 Å². The molecule has 19 heavy (non-hydrogen) atoms. The number of fused-ring (bicyclic) bond motifs is 1. The van der Waals surface area contributed by atoms with Crippen LogP contribution in [0.4, 0.5) is 11.4 Å². The van der Waals surface area contributed by atoms with Crippen molar-refractivity contribution in [3.05, 3.63) is 58.1 Å². The van der Waals surface area contributed by atoms with Gasteiger partial charge in [0.15, 0.2) is 0 Å². The maximum Gasteiger partial charge on any atom is 0.258 e. The zero-order valence-corrected chi connectivity index (χ0v) is 11.9. The van der Waals surface area contributed by atoms with E-state index in [2.05, 4.69) is 15.9 Å². The molecule has 0 saturated heterocycles. The monoisotopic (exact) mass is 316 g/mol. The highest BCUT2D eigenvalue weighted by molar-refractivity contribution is 9.10. The van der Waals surface area contributed by atoms with Crippen molar-refractivity contribution in [3.8, 4) is 0 Å². The van der Waals surface area contributed by atoms with E-state index in [1.54, 1.807) is 4.90 Å². The lowest BCUT2D eigenvalue weighted by Crippen LogP contribution is -2.37. The molecular formula is C15H13BrN2O. The van der Waals surface area contributed by atoms with E-state index in [1.807, 2.05) is 42.5 Å². The molecule has 1 aliphatic heterocycles. The quantitative estimate of drug-likeness (QED) is 0.821. The minimum Gasteiger partial charge on any atom is -0.399 e. The Morgan fingerprint density at radius 2 is 1.95 bits per heavy atom. The maximum atomic E-state index is 12.5. The van der Waals surface area contributed by atoms with Gasteiger partial charge in [0, 0.05) is 22.3 Å². The lowest BCUT2D eigenvalue weighted by Gasteiger charge is -2.29. The van der Waals surface area contributed by atoms with Crippen LogP contribution in [0.5, 0.6) is 0 Å². The van der Waals surface area contributed by atoms with E-state index in [-0.39, 0.29) is 5.91 Å². The lowest BCUT2D eigenvalue weighted by molar-refractivity contribution is 0.0980. The Labute approximate surface area is 120 Å². The van der Waals surface area contributed by atoms with Gasteiger partial charge in [0.2, 0.25) is 0 Å². The van der Waals surface area contributed by atoms with Gasteiger partial charge in [-0.1, -0.05) is 18.2 Å². The van der Waals surface area contributed by atoms with Crippen molar-refractivity contribution in [2.75, 3.05) is 17.2 Å². The van der Waals surface area contributed by atoms with Crippen molar-refractivity contribution in [1.29, 1.82) is 0 Å². The molecule has 4 heteroatoms. The van der Waals surface area contributed by atoms with Gasteiger partial charge < -0.3 is 10.6 Å². The summed E-state index contributed by atoms with van der Waals surface area (Å²) < 4.78 is 0.847. The Balaban J connectivity index is 2.02. The van der Waals surface area contributed by atoms with Crippen LogP contribution in [-0.2, 0) is 6.42 Å². The second-order valence-corrected chi connectivity index (χ2v) is 5.43. The van der Waals surface area contributed by atoms with Crippen LogP contribution in [0.2, 0.25) is 0 Å². The minimum absolute atomic E-state index is 0.0484. The summed E-state index contributed by atoms with van der Waals surface area (Å²) in [6, 6.07) is 13.3. The number of hydrogen-bond donors (Lipinski definition) is 1. The van der Waals surface area contributed by atoms with Crippen molar-refractivity contribution < 1.29 is 4.79 Å². The number of carbonyl (C=O) groups is 1. The Morgan fingerprint density at radius 1 is 1.16 bits per heavy atom. The third-order valence-corrected chi connectivity index (χ3v) is 4.00. The summed E-state index contributed by atoms with van der Waals surface area (Å²) in [5.74, 6) is 0.0484. The number of carbonyl (C=O) groups excluding carboxylic acids is 1. The standard InChI is InChI=1S/C15H13BrN2O/c16-13-9-11(17)5-6-14(13)18-8-7-10-3-1-2-4-12(10)15(18)19/h1-6,9H,7-8,17H2. The zero-order chi connectivity index (χ0) is 13.4. The van der Waals surface area contributed by atoms with Crippen LogP contribution in [0.25, 0.3) is 0 Å². The summed E-state index contributed by atoms with van der Waals surface area (Å²) in [6.07, 6.45) is 0.874. The summed E-state index contributed by atoms with van der Waals surface area (Å²) in [5, 5.41) is 0. The predicted molar refractivity (Wildman–Crippen MR) is 80.4 cm³/mol. The maximum absolute atomic E-state index is 12.5. The first kappa shape index (κ1) is 12.2. The van der Waals surface area contributed by atoms with Gasteiger partial charge in [0.25, 0.3) is 5.91 Å². The molecule has 2 aromatic rings. The predicted octanol–water partition coefficient (Wildman–Crippen LogP) is 3.23. The fraction of sp³-hybridized carbons (Fsp3) is 0.133. The fourth-order valence-electron chi connectivity index (χ4n) is 2.40. The first-order chi connectivity index (χ1) is 9.16. The second-order valence-electron chi connectivity index (χ2n) is 4.57. The minimum atomic E-state index is 0.0484. The zero-order valence-electron chi connectivity index (χ0n) is 10.3. The highest BCUT2D eigenvalue weighted by Crippen LogP contribution is 2.31. The molecule has 0 spiro atoms. The van der Waals surface area contributed by atoms with Crippen LogP contribution in [-0.4, -0.2) is 12.5 Å². The molecule has 0 aromatic heterocycles. The summed E-state index contributed by atoms with van der Waals surface area (Å²) >= 11 is 3.48. The molecule has 0 fully saturated rings. The Morgan fingerprint density at radius 3 is 2.74 bits per heavy atom. The fourth-order valence-corrected chi connectivity index (χ4v) is 3.01. The van der Waals surface area contributed by atoms with E-state index in [4.69, 9.17) is 5.73 Å². The van der Waals surface area contributed by atoms with Crippen molar-refractivity contribution in [2.45, 2.75) is 6.42 Å². The topological polar surface area (TPSA) is 46.3 Å². The van der Waals surface area contributed by atoms with Gasteiger partial charge in [0.1, 0.15) is 0 Å². The van der Waals surface area contributed by atoms with Gasteiger partial charge in [0.05, 0.1) is 5.69 Å². The molecule has 1 amide bonds. The molecule has 0 saturated carbocycles. The molecule has 2 N–H and O–H groups in total. The van der Waals surface area contributed by atoms with E-state index in [0.717, 1.165) is 27.7 Å².